The lowest BCUT2D eigenvalue weighted by Crippen LogP contribution is -2.33. The van der Waals surface area contributed by atoms with E-state index in [9.17, 15) is 18.8 Å². The summed E-state index contributed by atoms with van der Waals surface area (Å²) >= 11 is 5.88. The second-order valence-electron chi connectivity index (χ2n) is 8.69. The minimum absolute atomic E-state index is 0.0214. The van der Waals surface area contributed by atoms with Crippen LogP contribution in [0.5, 0.6) is 0 Å². The van der Waals surface area contributed by atoms with Gasteiger partial charge < -0.3 is 16.4 Å². The number of carbonyl (C=O) groups is 3. The summed E-state index contributed by atoms with van der Waals surface area (Å²) in [4.78, 5) is 37.7. The van der Waals surface area contributed by atoms with Crippen molar-refractivity contribution < 1.29 is 18.8 Å². The van der Waals surface area contributed by atoms with Gasteiger partial charge >= 0.3 is 0 Å². The fourth-order valence-electron chi connectivity index (χ4n) is 4.46. The van der Waals surface area contributed by atoms with Gasteiger partial charge in [-0.25, -0.2) is 4.39 Å². The number of hydrogen-bond donors (Lipinski definition) is 3. The average Bonchev–Trinajstić information content (AvgIpc) is 3.07. The zero-order valence-electron chi connectivity index (χ0n) is 18.3. The molecule has 6 nitrogen and oxygen atoms in total. The van der Waals surface area contributed by atoms with Crippen LogP contribution in [0.25, 0.3) is 0 Å². The smallest absolute Gasteiger partial charge is 0.228 e. The normalized spacial score (nSPS) is 24.0. The highest BCUT2D eigenvalue weighted by Gasteiger charge is 2.41. The zero-order valence-corrected chi connectivity index (χ0v) is 19.1. The predicted octanol–water partition coefficient (Wildman–Crippen LogP) is 4.58. The summed E-state index contributed by atoms with van der Waals surface area (Å²) < 4.78 is 14.8. The molecule has 176 valence electrons. The SMILES string of the molecule is NC1C[C@H](C(=O)Nc2ccc(Cl)cc2)[C@@H](C(=O)Nc2ccc(C3C=CC=CC(=O)C3)cc2F)C1. The van der Waals surface area contributed by atoms with E-state index in [2.05, 4.69) is 10.6 Å². The molecule has 2 amide bonds. The molecule has 8 heteroatoms. The van der Waals surface area contributed by atoms with Gasteiger partial charge in [0.2, 0.25) is 11.8 Å². The fraction of sp³-hybridized carbons (Fsp3) is 0.269. The van der Waals surface area contributed by atoms with Gasteiger partial charge in [0.05, 0.1) is 17.5 Å². The van der Waals surface area contributed by atoms with Gasteiger partial charge in [-0.2, -0.15) is 0 Å². The molecule has 2 aromatic rings. The summed E-state index contributed by atoms with van der Waals surface area (Å²) in [5.74, 6) is -2.97. The summed E-state index contributed by atoms with van der Waals surface area (Å²) in [6.45, 7) is 0. The summed E-state index contributed by atoms with van der Waals surface area (Å²) in [7, 11) is 0. The number of nitrogens with two attached hydrogens (primary N) is 1. The van der Waals surface area contributed by atoms with E-state index in [1.165, 1.54) is 18.2 Å². The van der Waals surface area contributed by atoms with Crippen LogP contribution in [0, 0.1) is 17.7 Å². The molecule has 2 aromatic carbocycles. The molecule has 0 aromatic heterocycles. The molecule has 0 radical (unpaired) electrons. The van der Waals surface area contributed by atoms with Gasteiger partial charge in [0.25, 0.3) is 0 Å². The lowest BCUT2D eigenvalue weighted by molar-refractivity contribution is -0.128. The Balaban J connectivity index is 1.44. The predicted molar refractivity (Wildman–Crippen MR) is 130 cm³/mol. The second kappa shape index (κ2) is 10.3. The topological polar surface area (TPSA) is 101 Å². The van der Waals surface area contributed by atoms with Crippen LogP contribution >= 0.6 is 11.6 Å². The van der Waals surface area contributed by atoms with Crippen molar-refractivity contribution in [3.8, 4) is 0 Å². The van der Waals surface area contributed by atoms with Crippen LogP contribution in [-0.4, -0.2) is 23.6 Å². The minimum Gasteiger partial charge on any atom is -0.328 e. The van der Waals surface area contributed by atoms with Crippen LogP contribution in [0.2, 0.25) is 5.02 Å². The first-order valence-electron chi connectivity index (χ1n) is 11.1. The lowest BCUT2D eigenvalue weighted by Gasteiger charge is -2.19. The van der Waals surface area contributed by atoms with E-state index in [0.717, 1.165) is 0 Å². The third kappa shape index (κ3) is 5.61. The molecule has 4 atom stereocenters. The molecular weight excluding hydrogens is 457 g/mol. The van der Waals surface area contributed by atoms with Crippen molar-refractivity contribution in [3.63, 3.8) is 0 Å². The monoisotopic (exact) mass is 481 g/mol. The van der Waals surface area contributed by atoms with Gasteiger partial charge in [-0.15, -0.1) is 0 Å². The Morgan fingerprint density at radius 3 is 2.32 bits per heavy atom. The molecule has 2 aliphatic carbocycles. The lowest BCUT2D eigenvalue weighted by atomic mass is 9.93. The van der Waals surface area contributed by atoms with Crippen LogP contribution in [0.1, 0.15) is 30.7 Å². The van der Waals surface area contributed by atoms with E-state index >= 15 is 0 Å². The van der Waals surface area contributed by atoms with Gasteiger partial charge in [0.15, 0.2) is 5.78 Å². The Kier molecular flexibility index (Phi) is 7.24. The molecule has 2 aliphatic rings. The van der Waals surface area contributed by atoms with Crippen molar-refractivity contribution in [2.24, 2.45) is 17.6 Å². The number of anilines is 2. The van der Waals surface area contributed by atoms with Gasteiger partial charge in [-0.05, 0) is 60.9 Å². The molecule has 0 aliphatic heterocycles. The Bertz CT molecular complexity index is 1160. The van der Waals surface area contributed by atoms with E-state index in [-0.39, 0.29) is 35.8 Å². The maximum absolute atomic E-state index is 14.8. The first-order valence-corrected chi connectivity index (χ1v) is 11.5. The molecule has 0 spiro atoms. The van der Waals surface area contributed by atoms with Crippen molar-refractivity contribution >= 4 is 40.6 Å². The van der Waals surface area contributed by atoms with Gasteiger partial charge in [-0.3, -0.25) is 14.4 Å². The standard InChI is InChI=1S/C26H25ClFN3O3/c27-17-6-8-19(9-7-17)30-25(33)21-13-18(29)14-22(21)26(34)31-24-10-5-16(12-23(24)28)15-3-1-2-4-20(32)11-15/h1-10,12,15,18,21-22H,11,13-14,29H2,(H,30,33)(H,31,34)/t15?,18?,21-,22-/m0/s1. The first-order chi connectivity index (χ1) is 16.3. The highest BCUT2D eigenvalue weighted by molar-refractivity contribution is 6.30. The first kappa shape index (κ1) is 23.9. The molecule has 1 fully saturated rings. The van der Waals surface area contributed by atoms with Crippen LogP contribution in [0.15, 0.2) is 66.8 Å². The zero-order chi connectivity index (χ0) is 24.2. The molecule has 34 heavy (non-hydrogen) atoms. The Hall–Kier alpha value is -3.29. The van der Waals surface area contributed by atoms with E-state index in [4.69, 9.17) is 17.3 Å². The summed E-state index contributed by atoms with van der Waals surface area (Å²) in [6, 6.07) is 10.9. The summed E-state index contributed by atoms with van der Waals surface area (Å²) in [5, 5.41) is 5.96. The van der Waals surface area contributed by atoms with Crippen LogP contribution in [0.3, 0.4) is 0 Å². The number of ketones is 1. The van der Waals surface area contributed by atoms with Gasteiger partial charge in [-0.1, -0.05) is 35.9 Å². The number of amides is 2. The molecule has 4 rings (SSSR count). The molecule has 0 saturated heterocycles. The second-order valence-corrected chi connectivity index (χ2v) is 9.13. The van der Waals surface area contributed by atoms with Crippen molar-refractivity contribution in [3.05, 3.63) is 83.2 Å². The van der Waals surface area contributed by atoms with Crippen molar-refractivity contribution in [1.82, 2.24) is 0 Å². The van der Waals surface area contributed by atoms with Gasteiger partial charge in [0, 0.05) is 29.1 Å². The molecule has 4 N–H and O–H groups in total. The minimum atomic E-state index is -0.685. The van der Waals surface area contributed by atoms with Crippen molar-refractivity contribution in [2.45, 2.75) is 31.2 Å². The number of hydrogen-bond acceptors (Lipinski definition) is 4. The Morgan fingerprint density at radius 1 is 0.971 bits per heavy atom. The molecule has 0 heterocycles. The average molecular weight is 482 g/mol. The Labute approximate surface area is 202 Å². The summed E-state index contributed by atoms with van der Waals surface area (Å²) in [5.41, 5.74) is 7.30. The maximum Gasteiger partial charge on any atom is 0.228 e. The van der Waals surface area contributed by atoms with E-state index in [1.54, 1.807) is 42.5 Å². The highest BCUT2D eigenvalue weighted by atomic mass is 35.5. The summed E-state index contributed by atoms with van der Waals surface area (Å²) in [6.07, 6.45) is 7.70. The van der Waals surface area contributed by atoms with E-state index in [1.807, 2.05) is 6.08 Å². The van der Waals surface area contributed by atoms with E-state index in [0.29, 0.717) is 29.1 Å². The molecule has 0 bridgehead atoms. The van der Waals surface area contributed by atoms with Crippen LogP contribution in [-0.2, 0) is 14.4 Å². The van der Waals surface area contributed by atoms with Crippen molar-refractivity contribution in [2.75, 3.05) is 10.6 Å². The Morgan fingerprint density at radius 2 is 1.65 bits per heavy atom. The fourth-order valence-corrected chi connectivity index (χ4v) is 4.58. The highest BCUT2D eigenvalue weighted by Crippen LogP contribution is 2.34. The molecule has 1 saturated carbocycles. The van der Waals surface area contributed by atoms with Crippen LogP contribution in [0.4, 0.5) is 15.8 Å². The van der Waals surface area contributed by atoms with Crippen LogP contribution < -0.4 is 16.4 Å². The number of benzene rings is 2. The molecular formula is C26H25ClFN3O3. The number of halogens is 2. The largest absolute Gasteiger partial charge is 0.328 e. The number of carbonyl (C=O) groups excluding carboxylic acids is 3. The number of nitrogens with one attached hydrogen (secondary N) is 2. The molecule has 2 unspecified atom stereocenters. The van der Waals surface area contributed by atoms with Gasteiger partial charge in [0.1, 0.15) is 5.82 Å². The number of allylic oxidation sites excluding steroid dienone is 4. The van der Waals surface area contributed by atoms with Crippen molar-refractivity contribution in [1.29, 1.82) is 0 Å². The maximum atomic E-state index is 14.8. The third-order valence-electron chi connectivity index (χ3n) is 6.22. The number of rotatable bonds is 5. The third-order valence-corrected chi connectivity index (χ3v) is 6.47. The quantitative estimate of drug-likeness (QED) is 0.581. The van der Waals surface area contributed by atoms with E-state index < -0.39 is 23.6 Å².